The molecule has 0 spiro atoms. The Morgan fingerprint density at radius 2 is 0.842 bits per heavy atom. The Morgan fingerprint density at radius 1 is 0.333 bits per heavy atom. The van der Waals surface area contributed by atoms with E-state index in [9.17, 15) is 5.26 Å². The van der Waals surface area contributed by atoms with E-state index in [1.807, 2.05) is 6.07 Å². The van der Waals surface area contributed by atoms with Gasteiger partial charge in [-0.05, 0) is 136 Å². The topological polar surface area (TPSA) is 28.7 Å². The van der Waals surface area contributed by atoms with Crippen LogP contribution in [0.3, 0.4) is 0 Å². The number of rotatable bonds is 4. The van der Waals surface area contributed by atoms with Crippen molar-refractivity contribution in [2.75, 3.05) is 0 Å². The van der Waals surface area contributed by atoms with Gasteiger partial charge in [0.05, 0.1) is 22.7 Å². The van der Waals surface area contributed by atoms with Crippen LogP contribution >= 0.6 is 0 Å². The van der Waals surface area contributed by atoms with Gasteiger partial charge in [-0.3, -0.25) is 0 Å². The predicted molar refractivity (Wildman–Crippen MR) is 241 cm³/mol. The van der Waals surface area contributed by atoms with Crippen molar-refractivity contribution in [2.45, 2.75) is 0 Å². The molecule has 1 heterocycles. The van der Waals surface area contributed by atoms with Crippen LogP contribution in [0.1, 0.15) is 5.56 Å². The fourth-order valence-electron chi connectivity index (χ4n) is 9.59. The SMILES string of the molecule is N#Cc1ccc2c3c1ccc1c(-c4ccc5cc(-c6cc7c8ccccc8c(-c8ccccc8)cc7c7ccccc67)ccc5c4)ccc(c13)n2-c1ccccc1. The van der Waals surface area contributed by atoms with Crippen molar-refractivity contribution < 1.29 is 0 Å². The van der Waals surface area contributed by atoms with Crippen LogP contribution in [0.5, 0.6) is 0 Å². The highest BCUT2D eigenvalue weighted by molar-refractivity contribution is 6.28. The van der Waals surface area contributed by atoms with E-state index in [4.69, 9.17) is 0 Å². The van der Waals surface area contributed by atoms with Crippen LogP contribution < -0.4 is 0 Å². The van der Waals surface area contributed by atoms with Crippen molar-refractivity contribution in [1.82, 2.24) is 4.57 Å². The number of nitrogens with zero attached hydrogens (tertiary/aromatic N) is 2. The molecule has 0 aliphatic carbocycles. The molecule has 0 fully saturated rings. The molecule has 57 heavy (non-hydrogen) atoms. The summed E-state index contributed by atoms with van der Waals surface area (Å²) in [6, 6.07) is 72.9. The van der Waals surface area contributed by atoms with Crippen LogP contribution in [0.4, 0.5) is 0 Å². The van der Waals surface area contributed by atoms with E-state index in [0.29, 0.717) is 5.56 Å². The fraction of sp³-hybridized carbons (Fsp3) is 0. The van der Waals surface area contributed by atoms with Gasteiger partial charge < -0.3 is 4.57 Å². The molecular formula is C55H32N2. The maximum absolute atomic E-state index is 10.1. The van der Waals surface area contributed by atoms with Gasteiger partial charge in [-0.2, -0.15) is 5.26 Å². The number of aromatic nitrogens is 1. The minimum atomic E-state index is 0.702. The van der Waals surface area contributed by atoms with Crippen LogP contribution in [0, 0.1) is 11.3 Å². The smallest absolute Gasteiger partial charge is 0.0998 e. The second-order valence-corrected chi connectivity index (χ2v) is 15.1. The second kappa shape index (κ2) is 12.1. The lowest BCUT2D eigenvalue weighted by molar-refractivity contribution is 1.18. The fourth-order valence-corrected chi connectivity index (χ4v) is 9.59. The molecule has 2 nitrogen and oxygen atoms in total. The molecule has 0 atom stereocenters. The molecule has 0 aliphatic heterocycles. The van der Waals surface area contributed by atoms with E-state index < -0.39 is 0 Å². The van der Waals surface area contributed by atoms with Crippen molar-refractivity contribution in [3.8, 4) is 45.1 Å². The first-order valence-electron chi connectivity index (χ1n) is 19.5. The molecule has 0 aliphatic rings. The molecule has 0 amide bonds. The molecule has 11 aromatic carbocycles. The molecule has 12 aromatic rings. The highest BCUT2D eigenvalue weighted by Crippen LogP contribution is 2.45. The third-order valence-electron chi connectivity index (χ3n) is 12.2. The average molecular weight is 721 g/mol. The highest BCUT2D eigenvalue weighted by atomic mass is 15.0. The third kappa shape index (κ3) is 4.64. The van der Waals surface area contributed by atoms with Gasteiger partial charge in [0.1, 0.15) is 0 Å². The zero-order valence-corrected chi connectivity index (χ0v) is 30.9. The monoisotopic (exact) mass is 720 g/mol. The van der Waals surface area contributed by atoms with Crippen molar-refractivity contribution >= 4 is 75.7 Å². The van der Waals surface area contributed by atoms with E-state index in [1.54, 1.807) is 0 Å². The van der Waals surface area contributed by atoms with E-state index in [0.717, 1.165) is 27.5 Å². The van der Waals surface area contributed by atoms with E-state index in [1.165, 1.54) is 87.2 Å². The first-order valence-corrected chi connectivity index (χ1v) is 19.5. The summed E-state index contributed by atoms with van der Waals surface area (Å²) in [6.45, 7) is 0. The summed E-state index contributed by atoms with van der Waals surface area (Å²) in [5.74, 6) is 0. The summed E-state index contributed by atoms with van der Waals surface area (Å²) in [6.07, 6.45) is 0. The number of fused-ring (bicyclic) bond motifs is 6. The Balaban J connectivity index is 1.02. The van der Waals surface area contributed by atoms with Gasteiger partial charge in [-0.1, -0.05) is 140 Å². The Morgan fingerprint density at radius 3 is 1.47 bits per heavy atom. The molecule has 0 bridgehead atoms. The Bertz CT molecular complexity index is 3620. The first-order chi connectivity index (χ1) is 28.2. The normalized spacial score (nSPS) is 11.8. The lowest BCUT2D eigenvalue weighted by Crippen LogP contribution is -1.93. The maximum atomic E-state index is 10.1. The van der Waals surface area contributed by atoms with Gasteiger partial charge in [-0.25, -0.2) is 0 Å². The summed E-state index contributed by atoms with van der Waals surface area (Å²) >= 11 is 0. The first kappa shape index (κ1) is 31.6. The van der Waals surface area contributed by atoms with Gasteiger partial charge in [0, 0.05) is 21.8 Å². The van der Waals surface area contributed by atoms with Crippen LogP contribution in [-0.2, 0) is 0 Å². The number of hydrogen-bond donors (Lipinski definition) is 0. The number of benzene rings is 11. The zero-order chi connectivity index (χ0) is 37.6. The molecule has 0 saturated heterocycles. The second-order valence-electron chi connectivity index (χ2n) is 15.1. The molecule has 0 unspecified atom stereocenters. The van der Waals surface area contributed by atoms with Gasteiger partial charge in [-0.15, -0.1) is 0 Å². The number of para-hydroxylation sites is 1. The van der Waals surface area contributed by atoms with E-state index in [2.05, 4.69) is 199 Å². The molecule has 0 N–H and O–H groups in total. The van der Waals surface area contributed by atoms with Crippen molar-refractivity contribution in [1.29, 1.82) is 5.26 Å². The highest BCUT2D eigenvalue weighted by Gasteiger charge is 2.21. The molecular weight excluding hydrogens is 689 g/mol. The van der Waals surface area contributed by atoms with Crippen molar-refractivity contribution in [3.63, 3.8) is 0 Å². The summed E-state index contributed by atoms with van der Waals surface area (Å²) in [5.41, 5.74) is 11.4. The van der Waals surface area contributed by atoms with Gasteiger partial charge in [0.25, 0.3) is 0 Å². The maximum Gasteiger partial charge on any atom is 0.0998 e. The Kier molecular flexibility index (Phi) is 6.73. The van der Waals surface area contributed by atoms with Crippen LogP contribution in [0.25, 0.3) is 115 Å². The minimum Gasteiger partial charge on any atom is -0.309 e. The Labute approximate surface area is 329 Å². The van der Waals surface area contributed by atoms with E-state index >= 15 is 0 Å². The minimum absolute atomic E-state index is 0.702. The largest absolute Gasteiger partial charge is 0.309 e. The molecule has 0 saturated carbocycles. The standard InChI is InChI=1S/C55H32N2/c56-33-39-23-27-52-54-42(39)24-25-47-41(26-28-53(55(47)54)57(52)40-13-5-2-6-14-40)37-21-19-36-30-38(22-20-35(36)29-37)49-32-51-45-17-9-7-15-43(45)48(34-11-3-1-4-12-34)31-50(51)46-18-10-8-16-44(46)49/h1-32H. The van der Waals surface area contributed by atoms with Crippen LogP contribution in [-0.4, -0.2) is 4.57 Å². The van der Waals surface area contributed by atoms with Gasteiger partial charge in [0.15, 0.2) is 0 Å². The molecule has 12 rings (SSSR count). The summed E-state index contributed by atoms with van der Waals surface area (Å²) in [5, 5.41) is 24.6. The lowest BCUT2D eigenvalue weighted by Gasteiger charge is -2.16. The molecule has 1 aromatic heterocycles. The van der Waals surface area contributed by atoms with Gasteiger partial charge >= 0.3 is 0 Å². The van der Waals surface area contributed by atoms with Crippen LogP contribution in [0.15, 0.2) is 194 Å². The Hall–Kier alpha value is -7.73. The lowest BCUT2D eigenvalue weighted by atomic mass is 9.87. The molecule has 0 radical (unpaired) electrons. The number of hydrogen-bond acceptors (Lipinski definition) is 1. The molecule has 2 heteroatoms. The zero-order valence-electron chi connectivity index (χ0n) is 30.9. The van der Waals surface area contributed by atoms with E-state index in [-0.39, 0.29) is 0 Å². The quantitative estimate of drug-likeness (QED) is 0.166. The van der Waals surface area contributed by atoms with Crippen molar-refractivity contribution in [3.05, 3.63) is 200 Å². The summed E-state index contributed by atoms with van der Waals surface area (Å²) in [7, 11) is 0. The van der Waals surface area contributed by atoms with Crippen LogP contribution in [0.2, 0.25) is 0 Å². The van der Waals surface area contributed by atoms with Crippen molar-refractivity contribution in [2.24, 2.45) is 0 Å². The summed E-state index contributed by atoms with van der Waals surface area (Å²) < 4.78 is 2.33. The summed E-state index contributed by atoms with van der Waals surface area (Å²) in [4.78, 5) is 0. The number of nitriles is 1. The average Bonchev–Trinajstić information content (AvgIpc) is 3.63. The predicted octanol–water partition coefficient (Wildman–Crippen LogP) is 14.9. The molecule has 262 valence electrons. The third-order valence-corrected chi connectivity index (χ3v) is 12.2. The van der Waals surface area contributed by atoms with Gasteiger partial charge in [0.2, 0.25) is 0 Å².